The second kappa shape index (κ2) is 12.4. The monoisotopic (exact) mass is 527 g/mol. The lowest BCUT2D eigenvalue weighted by molar-refractivity contribution is -0.113. The van der Waals surface area contributed by atoms with Crippen molar-refractivity contribution < 1.29 is 28.6 Å². The Morgan fingerprint density at radius 1 is 1.00 bits per heavy atom. The number of hydrogen-bond donors (Lipinski definition) is 4. The highest BCUT2D eigenvalue weighted by Gasteiger charge is 2.17. The zero-order chi connectivity index (χ0) is 26.9. The summed E-state index contributed by atoms with van der Waals surface area (Å²) in [5.41, 5.74) is 6.04. The van der Waals surface area contributed by atoms with E-state index in [0.717, 1.165) is 11.8 Å². The Balaban J connectivity index is 1.61. The highest BCUT2D eigenvalue weighted by molar-refractivity contribution is 7.99. The smallest absolute Gasteiger partial charge is 0.338 e. The molecule has 2 amide bonds. The standard InChI is InChI=1S/C24H25N5O7S/c1-4-36-23(33)13-5-8-15(9-6-13)26-18(30)12-37-24-28-20(25)19(22(32)29-24)27-21(31)14-7-10-16(34-2)17(11-14)35-3/h5-11H,4,12H2,1-3H3,(H,26,30)(H,27,31)(H3,25,28,29,32). The first-order chi connectivity index (χ1) is 17.7. The van der Waals surface area contributed by atoms with E-state index in [1.807, 2.05) is 0 Å². The zero-order valence-corrected chi connectivity index (χ0v) is 21.1. The number of nitrogens with one attached hydrogen (secondary N) is 3. The number of H-pyrrole nitrogens is 1. The van der Waals surface area contributed by atoms with Gasteiger partial charge >= 0.3 is 5.97 Å². The first kappa shape index (κ1) is 27.1. The molecule has 3 aromatic rings. The highest BCUT2D eigenvalue weighted by Crippen LogP contribution is 2.28. The van der Waals surface area contributed by atoms with E-state index in [4.69, 9.17) is 19.9 Å². The van der Waals surface area contributed by atoms with Gasteiger partial charge in [0.05, 0.1) is 32.1 Å². The van der Waals surface area contributed by atoms with E-state index in [1.165, 1.54) is 38.5 Å². The summed E-state index contributed by atoms with van der Waals surface area (Å²) >= 11 is 0.948. The van der Waals surface area contributed by atoms with Crippen LogP contribution in [0.4, 0.5) is 17.2 Å². The maximum absolute atomic E-state index is 12.6. The number of nitrogens with zero attached hydrogens (tertiary/aromatic N) is 1. The highest BCUT2D eigenvalue weighted by atomic mass is 32.2. The van der Waals surface area contributed by atoms with Gasteiger partial charge in [0.1, 0.15) is 5.69 Å². The van der Waals surface area contributed by atoms with Crippen molar-refractivity contribution in [1.29, 1.82) is 0 Å². The van der Waals surface area contributed by atoms with Crippen LogP contribution in [0, 0.1) is 0 Å². The van der Waals surface area contributed by atoms with Crippen molar-refractivity contribution in [2.45, 2.75) is 12.1 Å². The third-order valence-electron chi connectivity index (χ3n) is 4.83. The number of ether oxygens (including phenoxy) is 3. The molecular formula is C24H25N5O7S. The van der Waals surface area contributed by atoms with Crippen LogP contribution in [0.5, 0.6) is 11.5 Å². The predicted molar refractivity (Wildman–Crippen MR) is 139 cm³/mol. The molecule has 5 N–H and O–H groups in total. The Bertz CT molecular complexity index is 1360. The van der Waals surface area contributed by atoms with Crippen LogP contribution in [0.15, 0.2) is 52.4 Å². The summed E-state index contributed by atoms with van der Waals surface area (Å²) in [6.45, 7) is 1.98. The molecule has 1 aromatic heterocycles. The lowest BCUT2D eigenvalue weighted by atomic mass is 10.2. The number of esters is 1. The first-order valence-electron chi connectivity index (χ1n) is 10.9. The van der Waals surface area contributed by atoms with Gasteiger partial charge in [0.2, 0.25) is 5.91 Å². The number of methoxy groups -OCH3 is 2. The van der Waals surface area contributed by atoms with Gasteiger partial charge in [-0.05, 0) is 49.4 Å². The molecule has 0 saturated heterocycles. The Kier molecular flexibility index (Phi) is 9.11. The van der Waals surface area contributed by atoms with E-state index < -0.39 is 17.4 Å². The third-order valence-corrected chi connectivity index (χ3v) is 5.70. The molecular weight excluding hydrogens is 502 g/mol. The fraction of sp³-hybridized carbons (Fsp3) is 0.208. The van der Waals surface area contributed by atoms with Crippen LogP contribution in [-0.4, -0.2) is 54.3 Å². The van der Waals surface area contributed by atoms with E-state index in [1.54, 1.807) is 25.1 Å². The number of carbonyl (C=O) groups excluding carboxylic acids is 3. The van der Waals surface area contributed by atoms with Crippen LogP contribution in [-0.2, 0) is 9.53 Å². The van der Waals surface area contributed by atoms with E-state index >= 15 is 0 Å². The predicted octanol–water partition coefficient (Wildman–Crippen LogP) is 2.53. The minimum absolute atomic E-state index is 0.0840. The number of amides is 2. The molecule has 0 radical (unpaired) electrons. The SMILES string of the molecule is CCOC(=O)c1ccc(NC(=O)CSc2nc(N)c(NC(=O)c3ccc(OC)c(OC)c3)c(=O)[nH]2)cc1. The zero-order valence-electron chi connectivity index (χ0n) is 20.2. The average Bonchev–Trinajstić information content (AvgIpc) is 2.89. The average molecular weight is 528 g/mol. The molecule has 0 spiro atoms. The van der Waals surface area contributed by atoms with E-state index in [9.17, 15) is 19.2 Å². The first-order valence-corrected chi connectivity index (χ1v) is 11.9. The fourth-order valence-corrected chi connectivity index (χ4v) is 3.72. The number of nitrogen functional groups attached to an aromatic ring is 1. The number of aromatic amines is 1. The normalized spacial score (nSPS) is 10.4. The number of aromatic nitrogens is 2. The molecule has 1 heterocycles. The number of hydrogen-bond acceptors (Lipinski definition) is 10. The van der Waals surface area contributed by atoms with Crippen molar-refractivity contribution in [2.75, 3.05) is 42.9 Å². The molecule has 13 heteroatoms. The Hall–Kier alpha value is -4.52. The van der Waals surface area contributed by atoms with E-state index in [-0.39, 0.29) is 40.5 Å². The second-order valence-electron chi connectivity index (χ2n) is 7.29. The van der Waals surface area contributed by atoms with Gasteiger partial charge in [0.25, 0.3) is 11.5 Å². The summed E-state index contributed by atoms with van der Waals surface area (Å²) in [6.07, 6.45) is 0. The molecule has 0 atom stereocenters. The van der Waals surface area contributed by atoms with E-state index in [2.05, 4.69) is 20.6 Å². The van der Waals surface area contributed by atoms with Crippen LogP contribution in [0.1, 0.15) is 27.6 Å². The van der Waals surface area contributed by atoms with Gasteiger partial charge in [-0.2, -0.15) is 0 Å². The van der Waals surface area contributed by atoms with Gasteiger partial charge in [-0.3, -0.25) is 19.4 Å². The van der Waals surface area contributed by atoms with Gasteiger partial charge in [-0.25, -0.2) is 9.78 Å². The topological polar surface area (TPSA) is 175 Å². The lowest BCUT2D eigenvalue weighted by Gasteiger charge is -2.11. The van der Waals surface area contributed by atoms with Gasteiger partial charge in [0, 0.05) is 11.3 Å². The van der Waals surface area contributed by atoms with Crippen LogP contribution >= 0.6 is 11.8 Å². The number of benzene rings is 2. The van der Waals surface area contributed by atoms with Gasteiger partial charge in [0.15, 0.2) is 22.5 Å². The van der Waals surface area contributed by atoms with Crippen molar-refractivity contribution in [3.05, 3.63) is 63.9 Å². The molecule has 0 aliphatic carbocycles. The molecule has 0 aliphatic rings. The van der Waals surface area contributed by atoms with Crippen molar-refractivity contribution in [1.82, 2.24) is 9.97 Å². The minimum atomic E-state index is -0.682. The quantitative estimate of drug-likeness (QED) is 0.174. The molecule has 0 unspecified atom stereocenters. The number of nitrogens with two attached hydrogens (primary N) is 1. The summed E-state index contributed by atoms with van der Waals surface area (Å²) < 4.78 is 15.2. The Morgan fingerprint density at radius 2 is 1.68 bits per heavy atom. The molecule has 194 valence electrons. The van der Waals surface area contributed by atoms with Crippen LogP contribution in [0.3, 0.4) is 0 Å². The number of anilines is 3. The molecule has 37 heavy (non-hydrogen) atoms. The van der Waals surface area contributed by atoms with Crippen LogP contribution in [0.25, 0.3) is 0 Å². The van der Waals surface area contributed by atoms with Crippen molar-refractivity contribution in [3.63, 3.8) is 0 Å². The summed E-state index contributed by atoms with van der Waals surface area (Å²) in [5.74, 6) is -0.941. The summed E-state index contributed by atoms with van der Waals surface area (Å²) in [7, 11) is 2.90. The number of thioether (sulfide) groups is 1. The molecule has 2 aromatic carbocycles. The van der Waals surface area contributed by atoms with Gasteiger partial charge < -0.3 is 30.6 Å². The van der Waals surface area contributed by atoms with Crippen molar-refractivity contribution >= 4 is 46.7 Å². The largest absolute Gasteiger partial charge is 0.493 e. The van der Waals surface area contributed by atoms with Crippen molar-refractivity contribution in [2.24, 2.45) is 0 Å². The third kappa shape index (κ3) is 7.01. The van der Waals surface area contributed by atoms with Crippen LogP contribution < -0.4 is 31.4 Å². The summed E-state index contributed by atoms with van der Waals surface area (Å²) in [5, 5.41) is 5.21. The summed E-state index contributed by atoms with van der Waals surface area (Å²) in [6, 6.07) is 10.7. The Labute approximate surface area is 215 Å². The minimum Gasteiger partial charge on any atom is -0.493 e. The lowest BCUT2D eigenvalue weighted by Crippen LogP contribution is -2.23. The second-order valence-corrected chi connectivity index (χ2v) is 8.25. The molecule has 0 bridgehead atoms. The van der Waals surface area contributed by atoms with Gasteiger partial charge in [-0.15, -0.1) is 0 Å². The Morgan fingerprint density at radius 3 is 2.30 bits per heavy atom. The fourth-order valence-electron chi connectivity index (χ4n) is 3.06. The maximum Gasteiger partial charge on any atom is 0.338 e. The van der Waals surface area contributed by atoms with Gasteiger partial charge in [-0.1, -0.05) is 11.8 Å². The summed E-state index contributed by atoms with van der Waals surface area (Å²) in [4.78, 5) is 55.7. The van der Waals surface area contributed by atoms with Crippen molar-refractivity contribution in [3.8, 4) is 11.5 Å². The number of carbonyl (C=O) groups is 3. The van der Waals surface area contributed by atoms with Crippen LogP contribution in [0.2, 0.25) is 0 Å². The molecule has 3 rings (SSSR count). The molecule has 0 saturated carbocycles. The molecule has 0 fully saturated rings. The molecule has 12 nitrogen and oxygen atoms in total. The molecule has 0 aliphatic heterocycles. The maximum atomic E-state index is 12.6. The number of rotatable bonds is 10. The van der Waals surface area contributed by atoms with E-state index in [0.29, 0.717) is 22.7 Å².